The summed E-state index contributed by atoms with van der Waals surface area (Å²) in [6.45, 7) is 1.92. The van der Waals surface area contributed by atoms with Crippen molar-refractivity contribution in [2.24, 2.45) is 5.73 Å². The number of nitrogens with two attached hydrogens (primary N) is 1. The van der Waals surface area contributed by atoms with Gasteiger partial charge < -0.3 is 5.73 Å². The number of rotatable bonds is 4. The van der Waals surface area contributed by atoms with Gasteiger partial charge in [-0.2, -0.15) is 0 Å². The zero-order valence-electron chi connectivity index (χ0n) is 10.1. The van der Waals surface area contributed by atoms with Gasteiger partial charge in [-0.25, -0.2) is 4.98 Å². The van der Waals surface area contributed by atoms with E-state index in [1.165, 1.54) is 30.6 Å². The number of amides is 1. The number of carbonyl (C=O) groups is 1. The van der Waals surface area contributed by atoms with Crippen molar-refractivity contribution >= 4 is 17.2 Å². The molecule has 1 aliphatic rings. The molecular formula is C12H19N3OS. The minimum Gasteiger partial charge on any atom is -0.368 e. The lowest BCUT2D eigenvalue weighted by Gasteiger charge is -2.26. The van der Waals surface area contributed by atoms with E-state index in [1.807, 2.05) is 6.92 Å². The number of hydrogen-bond acceptors (Lipinski definition) is 4. The van der Waals surface area contributed by atoms with Gasteiger partial charge in [0.15, 0.2) is 0 Å². The van der Waals surface area contributed by atoms with E-state index in [9.17, 15) is 4.79 Å². The average Bonchev–Trinajstić information content (AvgIpc) is 2.73. The molecule has 1 fully saturated rings. The Morgan fingerprint density at radius 2 is 2.24 bits per heavy atom. The van der Waals surface area contributed by atoms with Crippen molar-refractivity contribution in [3.8, 4) is 0 Å². The Balaban J connectivity index is 2.07. The molecule has 0 bridgehead atoms. The molecule has 1 saturated carbocycles. The van der Waals surface area contributed by atoms with E-state index in [2.05, 4.69) is 10.3 Å². The van der Waals surface area contributed by atoms with Gasteiger partial charge in [0.1, 0.15) is 6.04 Å². The Hall–Kier alpha value is -0.940. The van der Waals surface area contributed by atoms with Crippen LogP contribution in [-0.2, 0) is 4.79 Å². The largest absolute Gasteiger partial charge is 0.368 e. The molecule has 2 rings (SSSR count). The average molecular weight is 253 g/mol. The highest BCUT2D eigenvalue weighted by atomic mass is 32.1. The molecule has 17 heavy (non-hydrogen) atoms. The zero-order valence-corrected chi connectivity index (χ0v) is 10.9. The highest BCUT2D eigenvalue weighted by Crippen LogP contribution is 2.25. The molecule has 1 unspecified atom stereocenters. The Morgan fingerprint density at radius 1 is 1.53 bits per heavy atom. The van der Waals surface area contributed by atoms with E-state index < -0.39 is 0 Å². The number of hydrogen-bond donors (Lipinski definition) is 2. The van der Waals surface area contributed by atoms with Gasteiger partial charge in [0.05, 0.1) is 16.1 Å². The van der Waals surface area contributed by atoms with Crippen molar-refractivity contribution < 1.29 is 4.79 Å². The molecule has 0 radical (unpaired) electrons. The molecule has 94 valence electrons. The van der Waals surface area contributed by atoms with Crippen LogP contribution in [0.2, 0.25) is 0 Å². The minimum absolute atomic E-state index is 0.303. The van der Waals surface area contributed by atoms with Crippen molar-refractivity contribution in [2.45, 2.75) is 51.1 Å². The highest BCUT2D eigenvalue weighted by molar-refractivity contribution is 7.10. The minimum atomic E-state index is -0.370. The summed E-state index contributed by atoms with van der Waals surface area (Å²) >= 11 is 1.50. The predicted octanol–water partition coefficient (Wildman–Crippen LogP) is 1.90. The fourth-order valence-electron chi connectivity index (χ4n) is 2.38. The molecule has 0 aliphatic heterocycles. The van der Waals surface area contributed by atoms with Crippen molar-refractivity contribution in [1.82, 2.24) is 10.3 Å². The van der Waals surface area contributed by atoms with E-state index >= 15 is 0 Å². The first-order chi connectivity index (χ1) is 8.18. The van der Waals surface area contributed by atoms with E-state index in [0.717, 1.165) is 23.4 Å². The third-order valence-electron chi connectivity index (χ3n) is 3.34. The van der Waals surface area contributed by atoms with Crippen molar-refractivity contribution in [3.05, 3.63) is 16.1 Å². The molecular weight excluding hydrogens is 234 g/mol. The topological polar surface area (TPSA) is 68.0 Å². The second kappa shape index (κ2) is 5.60. The first-order valence-electron chi connectivity index (χ1n) is 6.14. The number of thiazole rings is 1. The number of nitrogens with zero attached hydrogens (tertiary/aromatic N) is 1. The summed E-state index contributed by atoms with van der Waals surface area (Å²) in [5.74, 6) is -0.303. The van der Waals surface area contributed by atoms with Crippen LogP contribution in [0.15, 0.2) is 5.51 Å². The van der Waals surface area contributed by atoms with Gasteiger partial charge >= 0.3 is 0 Å². The summed E-state index contributed by atoms with van der Waals surface area (Å²) in [5.41, 5.74) is 8.16. The van der Waals surface area contributed by atoms with Crippen molar-refractivity contribution in [2.75, 3.05) is 0 Å². The number of primary amides is 1. The van der Waals surface area contributed by atoms with Gasteiger partial charge in [-0.15, -0.1) is 11.3 Å². The van der Waals surface area contributed by atoms with Crippen molar-refractivity contribution in [3.63, 3.8) is 0 Å². The smallest absolute Gasteiger partial charge is 0.240 e. The van der Waals surface area contributed by atoms with Crippen LogP contribution in [0.25, 0.3) is 0 Å². The van der Waals surface area contributed by atoms with E-state index in [0.29, 0.717) is 6.04 Å². The van der Waals surface area contributed by atoms with Gasteiger partial charge in [0, 0.05) is 6.04 Å². The van der Waals surface area contributed by atoms with Gasteiger partial charge in [0.25, 0.3) is 0 Å². The summed E-state index contributed by atoms with van der Waals surface area (Å²) in [7, 11) is 0. The summed E-state index contributed by atoms with van der Waals surface area (Å²) in [6, 6.07) is 0.0494. The lowest BCUT2D eigenvalue weighted by molar-refractivity contribution is -0.120. The molecule has 1 aliphatic carbocycles. The summed E-state index contributed by atoms with van der Waals surface area (Å²) in [4.78, 5) is 16.7. The van der Waals surface area contributed by atoms with Crippen LogP contribution in [-0.4, -0.2) is 16.9 Å². The van der Waals surface area contributed by atoms with E-state index in [4.69, 9.17) is 5.73 Å². The maximum atomic E-state index is 11.6. The molecule has 1 heterocycles. The lowest BCUT2D eigenvalue weighted by Crippen LogP contribution is -2.40. The van der Waals surface area contributed by atoms with Crippen molar-refractivity contribution in [1.29, 1.82) is 0 Å². The summed E-state index contributed by atoms with van der Waals surface area (Å²) in [5, 5.41) is 3.39. The maximum absolute atomic E-state index is 11.6. The van der Waals surface area contributed by atoms with Crippen LogP contribution >= 0.6 is 11.3 Å². The van der Waals surface area contributed by atoms with Gasteiger partial charge in [-0.1, -0.05) is 19.3 Å². The van der Waals surface area contributed by atoms with Crippen LogP contribution in [0.4, 0.5) is 0 Å². The first kappa shape index (κ1) is 12.5. The summed E-state index contributed by atoms with van der Waals surface area (Å²) < 4.78 is 0. The molecule has 1 atom stereocenters. The fraction of sp³-hybridized carbons (Fsp3) is 0.667. The van der Waals surface area contributed by atoms with Crippen LogP contribution in [0, 0.1) is 6.92 Å². The van der Waals surface area contributed by atoms with Crippen LogP contribution < -0.4 is 11.1 Å². The third-order valence-corrected chi connectivity index (χ3v) is 4.33. The van der Waals surface area contributed by atoms with E-state index in [-0.39, 0.29) is 11.9 Å². The Morgan fingerprint density at radius 3 is 2.76 bits per heavy atom. The fourth-order valence-corrected chi connectivity index (χ4v) is 3.25. The lowest BCUT2D eigenvalue weighted by atomic mass is 9.94. The molecule has 0 aromatic carbocycles. The monoisotopic (exact) mass is 253 g/mol. The number of aryl methyl sites for hydroxylation is 1. The summed E-state index contributed by atoms with van der Waals surface area (Å²) in [6.07, 6.45) is 6.07. The predicted molar refractivity (Wildman–Crippen MR) is 68.8 cm³/mol. The Bertz CT molecular complexity index is 385. The normalized spacial score (nSPS) is 19.1. The first-order valence-corrected chi connectivity index (χ1v) is 7.02. The molecule has 0 spiro atoms. The molecule has 1 aromatic heterocycles. The Kier molecular flexibility index (Phi) is 4.12. The van der Waals surface area contributed by atoms with Crippen LogP contribution in [0.3, 0.4) is 0 Å². The maximum Gasteiger partial charge on any atom is 0.240 e. The van der Waals surface area contributed by atoms with Crippen LogP contribution in [0.5, 0.6) is 0 Å². The second-order valence-corrected chi connectivity index (χ2v) is 5.53. The molecule has 1 aromatic rings. The highest BCUT2D eigenvalue weighted by Gasteiger charge is 2.25. The number of nitrogens with one attached hydrogen (secondary N) is 1. The second-order valence-electron chi connectivity index (χ2n) is 4.64. The third kappa shape index (κ3) is 3.04. The molecule has 5 heteroatoms. The van der Waals surface area contributed by atoms with Gasteiger partial charge in [-0.3, -0.25) is 10.1 Å². The number of aromatic nitrogens is 1. The molecule has 3 N–H and O–H groups in total. The molecule has 0 saturated heterocycles. The standard InChI is InChI=1S/C12H19N3OS/c1-8-11(17-7-14-8)10(12(13)16)15-9-5-3-2-4-6-9/h7,9-10,15H,2-6H2,1H3,(H2,13,16). The molecule has 1 amide bonds. The van der Waals surface area contributed by atoms with Crippen LogP contribution in [0.1, 0.15) is 48.7 Å². The SMILES string of the molecule is Cc1ncsc1C(NC1CCCCC1)C(N)=O. The molecule has 4 nitrogen and oxygen atoms in total. The quantitative estimate of drug-likeness (QED) is 0.861. The van der Waals surface area contributed by atoms with E-state index in [1.54, 1.807) is 5.51 Å². The number of carbonyl (C=O) groups excluding carboxylic acids is 1. The van der Waals surface area contributed by atoms with Gasteiger partial charge in [-0.05, 0) is 19.8 Å². The zero-order chi connectivity index (χ0) is 12.3. The Labute approximate surface area is 106 Å². The van der Waals surface area contributed by atoms with Gasteiger partial charge in [0.2, 0.25) is 5.91 Å².